The maximum atomic E-state index is 12.0. The van der Waals surface area contributed by atoms with E-state index >= 15 is 0 Å². The number of H-pyrrole nitrogens is 1. The van der Waals surface area contributed by atoms with Crippen molar-refractivity contribution < 1.29 is 0 Å². The number of hydrogen-bond donors (Lipinski definition) is 2. The third kappa shape index (κ3) is 3.26. The molecule has 1 aromatic heterocycles. The normalized spacial score (nSPS) is 12.2. The van der Waals surface area contributed by atoms with Gasteiger partial charge in [-0.15, -0.1) is 0 Å². The van der Waals surface area contributed by atoms with Gasteiger partial charge in [-0.3, -0.25) is 4.79 Å². The molecule has 0 aliphatic rings. The fraction of sp³-hybridized carbons (Fsp3) is 0.438. The monoisotopic (exact) mass is 273 g/mol. The fourth-order valence-corrected chi connectivity index (χ4v) is 1.99. The second-order valence-corrected chi connectivity index (χ2v) is 6.02. The van der Waals surface area contributed by atoms with Gasteiger partial charge in [0.1, 0.15) is 0 Å². The third-order valence-corrected chi connectivity index (χ3v) is 3.91. The van der Waals surface area contributed by atoms with Crippen LogP contribution in [0.15, 0.2) is 35.1 Å². The van der Waals surface area contributed by atoms with Crippen LogP contribution in [0.3, 0.4) is 0 Å². The lowest BCUT2D eigenvalue weighted by Gasteiger charge is -2.32. The standard InChI is InChI=1S/C16H23N3O/c1-16(2,19(3)4)11-17-10-13-9-12-7-5-6-8-14(12)18-15(13)20/h5-9,17H,10-11H2,1-4H3,(H,18,20). The van der Waals surface area contributed by atoms with Gasteiger partial charge >= 0.3 is 0 Å². The zero-order chi connectivity index (χ0) is 14.8. The zero-order valence-corrected chi connectivity index (χ0v) is 12.7. The molecule has 0 saturated carbocycles. The van der Waals surface area contributed by atoms with Crippen molar-refractivity contribution in [3.63, 3.8) is 0 Å². The number of fused-ring (bicyclic) bond motifs is 1. The van der Waals surface area contributed by atoms with Crippen molar-refractivity contribution in [1.29, 1.82) is 0 Å². The zero-order valence-electron chi connectivity index (χ0n) is 12.7. The second kappa shape index (κ2) is 5.77. The summed E-state index contributed by atoms with van der Waals surface area (Å²) in [4.78, 5) is 17.1. The van der Waals surface area contributed by atoms with E-state index in [2.05, 4.69) is 43.1 Å². The molecule has 0 amide bonds. The first-order chi connectivity index (χ1) is 9.40. The first-order valence-corrected chi connectivity index (χ1v) is 6.89. The highest BCUT2D eigenvalue weighted by molar-refractivity contribution is 5.78. The van der Waals surface area contributed by atoms with Crippen molar-refractivity contribution in [2.24, 2.45) is 0 Å². The summed E-state index contributed by atoms with van der Waals surface area (Å²) in [6.45, 7) is 5.75. The van der Waals surface area contributed by atoms with E-state index in [1.54, 1.807) is 0 Å². The van der Waals surface area contributed by atoms with Gasteiger partial charge in [0.2, 0.25) is 0 Å². The number of benzene rings is 1. The van der Waals surface area contributed by atoms with Crippen LogP contribution in [0.4, 0.5) is 0 Å². The van der Waals surface area contributed by atoms with Gasteiger partial charge in [0.15, 0.2) is 0 Å². The van der Waals surface area contributed by atoms with Crippen molar-refractivity contribution in [3.05, 3.63) is 46.2 Å². The third-order valence-electron chi connectivity index (χ3n) is 3.91. The molecular weight excluding hydrogens is 250 g/mol. The van der Waals surface area contributed by atoms with E-state index in [4.69, 9.17) is 0 Å². The van der Waals surface area contributed by atoms with E-state index in [1.165, 1.54) is 0 Å². The molecule has 2 rings (SSSR count). The van der Waals surface area contributed by atoms with Gasteiger partial charge in [-0.2, -0.15) is 0 Å². The van der Waals surface area contributed by atoms with Gasteiger partial charge in [-0.25, -0.2) is 0 Å². The molecule has 0 fully saturated rings. The molecule has 20 heavy (non-hydrogen) atoms. The summed E-state index contributed by atoms with van der Waals surface area (Å²) < 4.78 is 0. The Kier molecular flexibility index (Phi) is 4.26. The largest absolute Gasteiger partial charge is 0.322 e. The molecule has 108 valence electrons. The predicted octanol–water partition coefficient (Wildman–Crippen LogP) is 1.96. The molecular formula is C16H23N3O. The van der Waals surface area contributed by atoms with Crippen molar-refractivity contribution >= 4 is 10.9 Å². The maximum Gasteiger partial charge on any atom is 0.252 e. The molecule has 0 radical (unpaired) electrons. The summed E-state index contributed by atoms with van der Waals surface area (Å²) in [6, 6.07) is 9.80. The van der Waals surface area contributed by atoms with Gasteiger partial charge in [0.25, 0.3) is 5.56 Å². The van der Waals surface area contributed by atoms with Gasteiger partial charge < -0.3 is 15.2 Å². The predicted molar refractivity (Wildman–Crippen MR) is 84.0 cm³/mol. The summed E-state index contributed by atoms with van der Waals surface area (Å²) in [6.07, 6.45) is 0. The maximum absolute atomic E-state index is 12.0. The molecule has 2 N–H and O–H groups in total. The Bertz CT molecular complexity index is 643. The Morgan fingerprint density at radius 2 is 1.95 bits per heavy atom. The lowest BCUT2D eigenvalue weighted by Crippen LogP contribution is -2.46. The van der Waals surface area contributed by atoms with E-state index < -0.39 is 0 Å². The van der Waals surface area contributed by atoms with Crippen molar-refractivity contribution in [3.8, 4) is 0 Å². The van der Waals surface area contributed by atoms with E-state index in [0.717, 1.165) is 23.0 Å². The Morgan fingerprint density at radius 1 is 1.25 bits per heavy atom. The molecule has 0 saturated heterocycles. The minimum absolute atomic E-state index is 0.0149. The van der Waals surface area contributed by atoms with Crippen LogP contribution in [0.1, 0.15) is 19.4 Å². The van der Waals surface area contributed by atoms with Crippen LogP contribution in [-0.2, 0) is 6.54 Å². The highest BCUT2D eigenvalue weighted by Gasteiger charge is 2.19. The minimum Gasteiger partial charge on any atom is -0.322 e. The second-order valence-electron chi connectivity index (χ2n) is 6.02. The Morgan fingerprint density at radius 3 is 2.65 bits per heavy atom. The molecule has 0 atom stereocenters. The fourth-order valence-electron chi connectivity index (χ4n) is 1.99. The van der Waals surface area contributed by atoms with Crippen LogP contribution >= 0.6 is 0 Å². The van der Waals surface area contributed by atoms with E-state index in [1.807, 2.05) is 30.3 Å². The van der Waals surface area contributed by atoms with Crippen molar-refractivity contribution in [1.82, 2.24) is 15.2 Å². The van der Waals surface area contributed by atoms with Crippen LogP contribution in [0.5, 0.6) is 0 Å². The van der Waals surface area contributed by atoms with Crippen LogP contribution in [0.25, 0.3) is 10.9 Å². The number of para-hydroxylation sites is 1. The number of likely N-dealkylation sites (N-methyl/N-ethyl adjacent to an activating group) is 1. The van der Waals surface area contributed by atoms with Crippen molar-refractivity contribution in [2.45, 2.75) is 25.9 Å². The average molecular weight is 273 g/mol. The average Bonchev–Trinajstić information content (AvgIpc) is 2.39. The van der Waals surface area contributed by atoms with Gasteiger partial charge in [0.05, 0.1) is 0 Å². The summed E-state index contributed by atoms with van der Waals surface area (Å²) in [5, 5.41) is 4.43. The Hall–Kier alpha value is -1.65. The molecule has 4 heteroatoms. The van der Waals surface area contributed by atoms with Gasteiger partial charge in [0, 0.05) is 29.7 Å². The van der Waals surface area contributed by atoms with Gasteiger partial charge in [-0.1, -0.05) is 18.2 Å². The topological polar surface area (TPSA) is 48.1 Å². The first kappa shape index (κ1) is 14.8. The number of aromatic nitrogens is 1. The number of nitrogens with zero attached hydrogens (tertiary/aromatic N) is 1. The number of rotatable bonds is 5. The Balaban J connectivity index is 2.11. The summed E-state index contributed by atoms with van der Waals surface area (Å²) in [5.74, 6) is 0. The Labute approximate surface area is 119 Å². The van der Waals surface area contributed by atoms with E-state index in [9.17, 15) is 4.79 Å². The molecule has 4 nitrogen and oxygen atoms in total. The quantitative estimate of drug-likeness (QED) is 0.875. The minimum atomic E-state index is -0.0149. The molecule has 0 unspecified atom stereocenters. The number of pyridine rings is 1. The smallest absolute Gasteiger partial charge is 0.252 e. The summed E-state index contributed by atoms with van der Waals surface area (Å²) in [7, 11) is 4.12. The molecule has 0 spiro atoms. The van der Waals surface area contributed by atoms with Crippen LogP contribution in [0.2, 0.25) is 0 Å². The molecule has 1 aromatic carbocycles. The highest BCUT2D eigenvalue weighted by atomic mass is 16.1. The van der Waals surface area contributed by atoms with Crippen LogP contribution < -0.4 is 10.9 Å². The highest BCUT2D eigenvalue weighted by Crippen LogP contribution is 2.11. The van der Waals surface area contributed by atoms with Crippen LogP contribution in [0, 0.1) is 0 Å². The molecule has 0 aliphatic heterocycles. The molecule has 0 aliphatic carbocycles. The molecule has 0 bridgehead atoms. The SMILES string of the molecule is CN(C)C(C)(C)CNCc1cc2ccccc2[nH]c1=O. The molecule has 2 aromatic rings. The van der Waals surface area contributed by atoms with Crippen molar-refractivity contribution in [2.75, 3.05) is 20.6 Å². The lowest BCUT2D eigenvalue weighted by atomic mass is 10.0. The van der Waals surface area contributed by atoms with E-state index in [0.29, 0.717) is 6.54 Å². The molecule has 1 heterocycles. The van der Waals surface area contributed by atoms with E-state index in [-0.39, 0.29) is 11.1 Å². The lowest BCUT2D eigenvalue weighted by molar-refractivity contribution is 0.189. The van der Waals surface area contributed by atoms with Crippen LogP contribution in [-0.4, -0.2) is 36.1 Å². The summed E-state index contributed by atoms with van der Waals surface area (Å²) >= 11 is 0. The van der Waals surface area contributed by atoms with Gasteiger partial charge in [-0.05, 0) is 45.5 Å². The number of hydrogen-bond acceptors (Lipinski definition) is 3. The number of aromatic amines is 1. The number of nitrogens with one attached hydrogen (secondary N) is 2. The summed E-state index contributed by atoms with van der Waals surface area (Å²) in [5.41, 5.74) is 1.70. The first-order valence-electron chi connectivity index (χ1n) is 6.89.